The molecule has 0 rings (SSSR count). The van der Waals surface area contributed by atoms with E-state index in [1.54, 1.807) is 7.05 Å². The standard InChI is InChI=1S/C4H11N5/c1-4(8-9-5)3-7-6-2/h4,6-7H,3H2,1-2H3/t4-/m0/s1. The molecule has 0 aromatic carbocycles. The van der Waals surface area contributed by atoms with Gasteiger partial charge in [-0.25, -0.2) is 0 Å². The molecule has 0 aromatic rings. The molecule has 0 saturated heterocycles. The van der Waals surface area contributed by atoms with Gasteiger partial charge >= 0.3 is 0 Å². The molecule has 52 valence electrons. The fourth-order valence-corrected chi connectivity index (χ4v) is 0.379. The molecule has 0 amide bonds. The van der Waals surface area contributed by atoms with E-state index in [2.05, 4.69) is 20.9 Å². The van der Waals surface area contributed by atoms with Gasteiger partial charge in [0.15, 0.2) is 0 Å². The molecule has 0 spiro atoms. The Morgan fingerprint density at radius 1 is 1.78 bits per heavy atom. The lowest BCUT2D eigenvalue weighted by atomic mass is 10.4. The number of nitrogens with zero attached hydrogens (tertiary/aromatic N) is 3. The van der Waals surface area contributed by atoms with Gasteiger partial charge in [-0.3, -0.25) is 10.9 Å². The Morgan fingerprint density at radius 3 is 2.89 bits per heavy atom. The number of rotatable bonds is 4. The number of hydrogen-bond donors (Lipinski definition) is 2. The molecule has 5 heteroatoms. The summed E-state index contributed by atoms with van der Waals surface area (Å²) < 4.78 is 0. The van der Waals surface area contributed by atoms with Crippen molar-refractivity contribution in [1.82, 2.24) is 10.9 Å². The third kappa shape index (κ3) is 5.10. The smallest absolute Gasteiger partial charge is 0.0484 e. The Balaban J connectivity index is 3.26. The first-order valence-electron chi connectivity index (χ1n) is 2.75. The van der Waals surface area contributed by atoms with Gasteiger partial charge in [-0.2, -0.15) is 0 Å². The van der Waals surface area contributed by atoms with Crippen LogP contribution in [0.1, 0.15) is 6.92 Å². The van der Waals surface area contributed by atoms with Crippen LogP contribution in [0, 0.1) is 0 Å². The van der Waals surface area contributed by atoms with Crippen LogP contribution in [-0.2, 0) is 0 Å². The van der Waals surface area contributed by atoms with E-state index in [-0.39, 0.29) is 6.04 Å². The third-order valence-electron chi connectivity index (χ3n) is 0.823. The minimum absolute atomic E-state index is 0.00227. The van der Waals surface area contributed by atoms with Gasteiger partial charge in [0, 0.05) is 17.5 Å². The average molecular weight is 129 g/mol. The molecule has 0 saturated carbocycles. The quantitative estimate of drug-likeness (QED) is 0.250. The highest BCUT2D eigenvalue weighted by Gasteiger charge is 1.93. The highest BCUT2D eigenvalue weighted by Crippen LogP contribution is 1.84. The monoisotopic (exact) mass is 129 g/mol. The van der Waals surface area contributed by atoms with Crippen molar-refractivity contribution in [2.45, 2.75) is 13.0 Å². The topological polar surface area (TPSA) is 72.8 Å². The summed E-state index contributed by atoms with van der Waals surface area (Å²) in [5.74, 6) is 0. The van der Waals surface area contributed by atoms with Gasteiger partial charge in [0.2, 0.25) is 0 Å². The van der Waals surface area contributed by atoms with E-state index in [0.29, 0.717) is 6.54 Å². The lowest BCUT2D eigenvalue weighted by Gasteiger charge is -2.03. The van der Waals surface area contributed by atoms with Gasteiger partial charge in [0.25, 0.3) is 0 Å². The minimum Gasteiger partial charge on any atom is -0.261 e. The Morgan fingerprint density at radius 2 is 2.44 bits per heavy atom. The summed E-state index contributed by atoms with van der Waals surface area (Å²) in [6.07, 6.45) is 0. The van der Waals surface area contributed by atoms with Crippen LogP contribution in [0.15, 0.2) is 5.11 Å². The first kappa shape index (κ1) is 8.23. The van der Waals surface area contributed by atoms with Crippen LogP contribution >= 0.6 is 0 Å². The molecule has 0 unspecified atom stereocenters. The Hall–Kier alpha value is -0.770. The normalized spacial score (nSPS) is 12.2. The van der Waals surface area contributed by atoms with E-state index in [1.807, 2.05) is 6.92 Å². The van der Waals surface area contributed by atoms with Gasteiger partial charge in [-0.15, -0.1) is 0 Å². The molecule has 0 aliphatic rings. The summed E-state index contributed by atoms with van der Waals surface area (Å²) in [7, 11) is 1.77. The second-order valence-electron chi connectivity index (χ2n) is 1.68. The van der Waals surface area contributed by atoms with E-state index in [9.17, 15) is 0 Å². The molecule has 0 heterocycles. The third-order valence-corrected chi connectivity index (χ3v) is 0.823. The lowest BCUT2D eigenvalue weighted by Crippen LogP contribution is -2.33. The second kappa shape index (κ2) is 5.37. The maximum atomic E-state index is 7.95. The second-order valence-corrected chi connectivity index (χ2v) is 1.68. The van der Waals surface area contributed by atoms with Gasteiger partial charge in [-0.1, -0.05) is 12.0 Å². The summed E-state index contributed by atoms with van der Waals surface area (Å²) >= 11 is 0. The van der Waals surface area contributed by atoms with Crippen molar-refractivity contribution in [2.75, 3.05) is 13.6 Å². The maximum absolute atomic E-state index is 7.95. The first-order valence-corrected chi connectivity index (χ1v) is 2.75. The molecular weight excluding hydrogens is 118 g/mol. The molecule has 5 nitrogen and oxygen atoms in total. The number of azide groups is 1. The predicted octanol–water partition coefficient (Wildman–Crippen LogP) is 0.409. The largest absolute Gasteiger partial charge is 0.261 e. The maximum Gasteiger partial charge on any atom is 0.0484 e. The van der Waals surface area contributed by atoms with Crippen LogP contribution in [0.3, 0.4) is 0 Å². The zero-order valence-corrected chi connectivity index (χ0v) is 5.63. The summed E-state index contributed by atoms with van der Waals surface area (Å²) in [4.78, 5) is 2.65. The average Bonchev–Trinajstić information content (AvgIpc) is 1.85. The molecule has 0 bridgehead atoms. The number of nitrogens with one attached hydrogen (secondary N) is 2. The van der Waals surface area contributed by atoms with Crippen LogP contribution in [-0.4, -0.2) is 19.6 Å². The highest BCUT2D eigenvalue weighted by atomic mass is 15.3. The van der Waals surface area contributed by atoms with E-state index in [4.69, 9.17) is 5.53 Å². The Bertz CT molecular complexity index is 106. The van der Waals surface area contributed by atoms with Gasteiger partial charge in [-0.05, 0) is 12.6 Å². The lowest BCUT2D eigenvalue weighted by molar-refractivity contribution is 0.546. The van der Waals surface area contributed by atoms with Crippen molar-refractivity contribution in [1.29, 1.82) is 0 Å². The zero-order chi connectivity index (χ0) is 7.11. The van der Waals surface area contributed by atoms with E-state index in [0.717, 1.165) is 0 Å². The molecule has 0 aromatic heterocycles. The van der Waals surface area contributed by atoms with Crippen LogP contribution in [0.5, 0.6) is 0 Å². The zero-order valence-electron chi connectivity index (χ0n) is 5.63. The molecule has 0 aliphatic heterocycles. The number of hydrogen-bond acceptors (Lipinski definition) is 3. The molecule has 1 atom stereocenters. The van der Waals surface area contributed by atoms with E-state index < -0.39 is 0 Å². The van der Waals surface area contributed by atoms with Gasteiger partial charge in [0.1, 0.15) is 0 Å². The van der Waals surface area contributed by atoms with Crippen molar-refractivity contribution in [2.24, 2.45) is 5.11 Å². The van der Waals surface area contributed by atoms with Crippen LogP contribution in [0.25, 0.3) is 10.4 Å². The Kier molecular flexibility index (Phi) is 4.91. The van der Waals surface area contributed by atoms with Crippen LogP contribution < -0.4 is 10.9 Å². The highest BCUT2D eigenvalue weighted by molar-refractivity contribution is 4.60. The molecule has 2 N–H and O–H groups in total. The minimum atomic E-state index is 0.00227. The van der Waals surface area contributed by atoms with Crippen molar-refractivity contribution in [3.8, 4) is 0 Å². The fraction of sp³-hybridized carbons (Fsp3) is 1.00. The molecular formula is C4H11N5. The van der Waals surface area contributed by atoms with Gasteiger partial charge in [0.05, 0.1) is 0 Å². The summed E-state index contributed by atoms with van der Waals surface area (Å²) in [6.45, 7) is 2.49. The molecule has 0 aliphatic carbocycles. The SMILES string of the molecule is CNNC[C@H](C)N=[N+]=[N-]. The van der Waals surface area contributed by atoms with E-state index >= 15 is 0 Å². The van der Waals surface area contributed by atoms with Crippen LogP contribution in [0.2, 0.25) is 0 Å². The van der Waals surface area contributed by atoms with Crippen LogP contribution in [0.4, 0.5) is 0 Å². The van der Waals surface area contributed by atoms with Crippen molar-refractivity contribution >= 4 is 0 Å². The predicted molar refractivity (Wildman–Crippen MR) is 35.7 cm³/mol. The number of hydrazine groups is 1. The molecule has 9 heavy (non-hydrogen) atoms. The Labute approximate surface area is 54.0 Å². The van der Waals surface area contributed by atoms with Crippen molar-refractivity contribution in [3.63, 3.8) is 0 Å². The molecule has 0 fully saturated rings. The summed E-state index contributed by atoms with van der Waals surface area (Å²) in [6, 6.07) is 0.00227. The first-order chi connectivity index (χ1) is 4.31. The summed E-state index contributed by atoms with van der Waals surface area (Å²) in [5.41, 5.74) is 13.5. The van der Waals surface area contributed by atoms with E-state index in [1.165, 1.54) is 0 Å². The van der Waals surface area contributed by atoms with Crippen molar-refractivity contribution < 1.29 is 0 Å². The van der Waals surface area contributed by atoms with Crippen molar-refractivity contribution in [3.05, 3.63) is 10.4 Å². The fourth-order valence-electron chi connectivity index (χ4n) is 0.379. The summed E-state index contributed by atoms with van der Waals surface area (Å²) in [5, 5.41) is 3.44. The molecule has 0 radical (unpaired) electrons. The van der Waals surface area contributed by atoms with Gasteiger partial charge < -0.3 is 0 Å².